The van der Waals surface area contributed by atoms with Crippen molar-refractivity contribution in [3.05, 3.63) is 6.68 Å². The number of hydrogen-bond donors (Lipinski definition) is 0. The van der Waals surface area contributed by atoms with E-state index in [0.29, 0.717) is 0 Å². The van der Waals surface area contributed by atoms with Crippen molar-refractivity contribution in [2.45, 2.75) is 0 Å². The van der Waals surface area contributed by atoms with Crippen LogP contribution in [0, 0.1) is 6.68 Å². The molecule has 0 bridgehead atoms. The average Bonchev–Trinajstić information content (AvgIpc) is 0.811. The second-order valence-electron chi connectivity index (χ2n) is 0.214. The van der Waals surface area contributed by atoms with Gasteiger partial charge in [-0.2, -0.15) is 0 Å². The van der Waals surface area contributed by atoms with Crippen molar-refractivity contribution in [3.8, 4) is 0 Å². The van der Waals surface area contributed by atoms with Crippen LogP contribution in [0.3, 0.4) is 0 Å². The molecule has 0 N–H and O–H groups in total. The number of halogens is 3. The Morgan fingerprint density at radius 3 is 1.00 bits per heavy atom. The van der Waals surface area contributed by atoms with E-state index in [1.165, 1.54) is 0 Å². The number of hydrogen-bond acceptors (Lipinski definition) is 0. The summed E-state index contributed by atoms with van der Waals surface area (Å²) in [5, 5.41) is 0. The molecule has 0 saturated heterocycles. The van der Waals surface area contributed by atoms with Crippen LogP contribution in [0.15, 0.2) is 0 Å². The Bertz CT molecular complexity index is 11.6. The Labute approximate surface area is 70.2 Å². The molecule has 4 heteroatoms. The van der Waals surface area contributed by atoms with Gasteiger partial charge in [-0.1, -0.05) is 0 Å². The van der Waals surface area contributed by atoms with Crippen LogP contribution in [-0.2, 0) is 0 Å². The third-order valence-electron chi connectivity index (χ3n) is 0. The van der Waals surface area contributed by atoms with Gasteiger partial charge >= 0.3 is 51.4 Å². The van der Waals surface area contributed by atoms with Gasteiger partial charge in [-0.3, -0.25) is 0 Å². The van der Waals surface area contributed by atoms with Crippen LogP contribution in [-0.4, -0.2) is 0 Å². The van der Waals surface area contributed by atoms with Crippen molar-refractivity contribution < 1.29 is 64.6 Å². The van der Waals surface area contributed by atoms with Crippen molar-refractivity contribution in [3.63, 3.8) is 0 Å². The molecule has 0 amide bonds. The van der Waals surface area contributed by atoms with Gasteiger partial charge in [-0.25, -0.2) is 0 Å². The van der Waals surface area contributed by atoms with E-state index < -0.39 is 6.68 Å². The fraction of sp³-hybridized carbons (Fsp3) is 0. The molecule has 0 aromatic carbocycles. The van der Waals surface area contributed by atoms with Crippen molar-refractivity contribution in [2.24, 2.45) is 0 Å². The second-order valence-corrected chi connectivity index (χ2v) is 0.214. The van der Waals surface area contributed by atoms with E-state index in [0.717, 1.165) is 0 Å². The predicted molar refractivity (Wildman–Crippen MR) is 6.57 cm³/mol. The quantitative estimate of drug-likeness (QED) is 0.257. The smallest absolute Gasteiger partial charge is 0.385 e. The van der Waals surface area contributed by atoms with Crippen LogP contribution >= 0.6 is 0 Å². The van der Waals surface area contributed by atoms with E-state index in [1.807, 2.05) is 0 Å². The first kappa shape index (κ1) is 9.66. The van der Waals surface area contributed by atoms with Gasteiger partial charge in [0.25, 0.3) is 0 Å². The van der Waals surface area contributed by atoms with Crippen LogP contribution in [0.5, 0.6) is 0 Å². The Morgan fingerprint density at radius 2 is 1.00 bits per heavy atom. The Morgan fingerprint density at radius 1 is 1.00 bits per heavy atom. The molecule has 26 valence electrons. The van der Waals surface area contributed by atoms with Crippen molar-refractivity contribution in [1.82, 2.24) is 0 Å². The summed E-state index contributed by atoms with van der Waals surface area (Å²) in [4.78, 5) is 0. The van der Waals surface area contributed by atoms with Crippen LogP contribution in [0.1, 0.15) is 0 Å². The first-order valence-corrected chi connectivity index (χ1v) is 0.567. The van der Waals surface area contributed by atoms with Gasteiger partial charge < -0.3 is 13.2 Å². The maximum absolute atomic E-state index is 9.58. The fourth-order valence-electron chi connectivity index (χ4n) is 0. The van der Waals surface area contributed by atoms with Crippen LogP contribution in [0.2, 0.25) is 0 Å². The second kappa shape index (κ2) is 5.43. The van der Waals surface area contributed by atoms with Gasteiger partial charge in [0, 0.05) is 0 Å². The van der Waals surface area contributed by atoms with E-state index in [2.05, 4.69) is 0 Å². The van der Waals surface area contributed by atoms with Crippen molar-refractivity contribution in [2.75, 3.05) is 0 Å². The molecule has 0 aliphatic rings. The molecule has 0 fully saturated rings. The molecule has 0 atom stereocenters. The van der Waals surface area contributed by atoms with Gasteiger partial charge in [0.05, 0.1) is 0 Å². The molecule has 0 spiro atoms. The molecule has 0 aliphatic heterocycles. The summed E-state index contributed by atoms with van der Waals surface area (Å²) in [5.74, 6) is 0. The van der Waals surface area contributed by atoms with Crippen LogP contribution in [0.25, 0.3) is 0 Å². The van der Waals surface area contributed by atoms with Crippen LogP contribution < -0.4 is 51.4 Å². The predicted octanol–water partition coefficient (Wildman–Crippen LogP) is -1.65. The van der Waals surface area contributed by atoms with E-state index in [-0.39, 0.29) is 51.4 Å². The fourth-order valence-corrected chi connectivity index (χ4v) is 0. The van der Waals surface area contributed by atoms with E-state index >= 15 is 0 Å². The SMILES string of the molecule is F[C-](F)F.[K+]. The first-order chi connectivity index (χ1) is 1.73. The van der Waals surface area contributed by atoms with Crippen molar-refractivity contribution >= 4 is 0 Å². The first-order valence-electron chi connectivity index (χ1n) is 0.567. The zero-order valence-corrected chi connectivity index (χ0v) is 5.76. The molecular formula is CF3K. The van der Waals surface area contributed by atoms with Gasteiger partial charge in [-0.05, 0) is 0 Å². The summed E-state index contributed by atoms with van der Waals surface area (Å²) in [5.41, 5.74) is 0. The minimum Gasteiger partial charge on any atom is -0.385 e. The minimum atomic E-state index is -3.08. The standard InChI is InChI=1S/CF3.K/c2-1(3)4;/q-1;+1. The monoisotopic (exact) mass is 108 g/mol. The summed E-state index contributed by atoms with van der Waals surface area (Å²) in [7, 11) is 0. The summed E-state index contributed by atoms with van der Waals surface area (Å²) in [6, 6.07) is 0. The maximum atomic E-state index is 9.58. The average molecular weight is 108 g/mol. The topological polar surface area (TPSA) is 0 Å². The van der Waals surface area contributed by atoms with Crippen molar-refractivity contribution in [1.29, 1.82) is 0 Å². The minimum absolute atomic E-state index is 0. The number of rotatable bonds is 0. The zero-order valence-electron chi connectivity index (χ0n) is 2.63. The van der Waals surface area contributed by atoms with E-state index in [9.17, 15) is 13.2 Å². The Kier molecular flexibility index (Phi) is 10.5. The molecule has 0 heterocycles. The van der Waals surface area contributed by atoms with Crippen LogP contribution in [0.4, 0.5) is 13.2 Å². The molecule has 5 heavy (non-hydrogen) atoms. The van der Waals surface area contributed by atoms with Gasteiger partial charge in [0.1, 0.15) is 0 Å². The third kappa shape index (κ3) is 31.3. The molecule has 0 aromatic heterocycles. The molecular weight excluding hydrogens is 108 g/mol. The summed E-state index contributed by atoms with van der Waals surface area (Å²) in [6.07, 6.45) is 0. The zero-order chi connectivity index (χ0) is 3.58. The Balaban J connectivity index is 0. The van der Waals surface area contributed by atoms with Gasteiger partial charge in [0.2, 0.25) is 0 Å². The van der Waals surface area contributed by atoms with Gasteiger partial charge in [0.15, 0.2) is 6.68 Å². The third-order valence-corrected chi connectivity index (χ3v) is 0. The largest absolute Gasteiger partial charge is 1.00 e. The molecule has 0 rings (SSSR count). The van der Waals surface area contributed by atoms with E-state index in [1.54, 1.807) is 0 Å². The molecule has 0 saturated carbocycles. The molecule has 0 unspecified atom stereocenters. The normalized spacial score (nSPS) is 7.20. The molecule has 0 aliphatic carbocycles. The summed E-state index contributed by atoms with van der Waals surface area (Å²) in [6.45, 7) is -3.08. The van der Waals surface area contributed by atoms with Gasteiger partial charge in [-0.15, -0.1) is 0 Å². The molecule has 0 aromatic rings. The summed E-state index contributed by atoms with van der Waals surface area (Å²) < 4.78 is 28.8. The maximum Gasteiger partial charge on any atom is 1.00 e. The summed E-state index contributed by atoms with van der Waals surface area (Å²) >= 11 is 0. The molecule has 0 nitrogen and oxygen atoms in total. The Hall–Kier alpha value is 1.43. The van der Waals surface area contributed by atoms with E-state index in [4.69, 9.17) is 0 Å². The molecule has 0 radical (unpaired) electrons.